The molecule has 2 N–H and O–H groups in total. The van der Waals surface area contributed by atoms with Crippen LogP contribution >= 0.6 is 0 Å². The van der Waals surface area contributed by atoms with Crippen molar-refractivity contribution in [1.82, 2.24) is 10.0 Å². The van der Waals surface area contributed by atoms with Gasteiger partial charge in [0.1, 0.15) is 0 Å². The Labute approximate surface area is 90.4 Å². The molecule has 0 saturated heterocycles. The second-order valence-corrected chi connectivity index (χ2v) is 5.13. The van der Waals surface area contributed by atoms with Crippen molar-refractivity contribution in [2.45, 2.75) is 19.4 Å². The van der Waals surface area contributed by atoms with Crippen LogP contribution in [0.3, 0.4) is 0 Å². The zero-order valence-electron chi connectivity index (χ0n) is 9.24. The lowest BCUT2D eigenvalue weighted by Gasteiger charge is -2.12. The number of hydrogen-bond acceptors (Lipinski definition) is 5. The van der Waals surface area contributed by atoms with E-state index in [2.05, 4.69) is 14.8 Å². The number of hydrogen-bond donors (Lipinski definition) is 2. The lowest BCUT2D eigenvalue weighted by atomic mass is 10.2. The van der Waals surface area contributed by atoms with Gasteiger partial charge in [-0.15, -0.1) is 0 Å². The lowest BCUT2D eigenvalue weighted by molar-refractivity contribution is -0.141. The maximum Gasteiger partial charge on any atom is 0.307 e. The number of carbonyl (C=O) groups excluding carboxylic acids is 1. The summed E-state index contributed by atoms with van der Waals surface area (Å²) < 4.78 is 28.2. The summed E-state index contributed by atoms with van der Waals surface area (Å²) in [6, 6.07) is -0.0289. The van der Waals surface area contributed by atoms with E-state index in [-0.39, 0.29) is 18.4 Å². The van der Waals surface area contributed by atoms with Crippen molar-refractivity contribution in [3.8, 4) is 0 Å². The van der Waals surface area contributed by atoms with E-state index >= 15 is 0 Å². The molecule has 0 aromatic heterocycles. The van der Waals surface area contributed by atoms with E-state index in [1.165, 1.54) is 7.11 Å². The standard InChI is InChI=1S/C8H18N2O4S/c1-7(6-8(11)14-2)9-4-5-10-15(3,12)13/h7,9-10H,4-6H2,1-3H3. The fourth-order valence-corrected chi connectivity index (χ4v) is 1.43. The number of esters is 1. The molecule has 0 spiro atoms. The third kappa shape index (κ3) is 9.64. The molecule has 0 rings (SSSR count). The molecule has 1 unspecified atom stereocenters. The van der Waals surface area contributed by atoms with E-state index in [4.69, 9.17) is 0 Å². The number of nitrogens with one attached hydrogen (secondary N) is 2. The molecule has 1 atom stereocenters. The van der Waals surface area contributed by atoms with Crippen molar-refractivity contribution < 1.29 is 17.9 Å². The van der Waals surface area contributed by atoms with Crippen LogP contribution in [0.25, 0.3) is 0 Å². The van der Waals surface area contributed by atoms with Gasteiger partial charge in [-0.1, -0.05) is 0 Å². The van der Waals surface area contributed by atoms with Crippen molar-refractivity contribution in [3.63, 3.8) is 0 Å². The Bertz CT molecular complexity index is 289. The molecular weight excluding hydrogens is 220 g/mol. The first kappa shape index (κ1) is 14.3. The monoisotopic (exact) mass is 238 g/mol. The first-order valence-electron chi connectivity index (χ1n) is 4.60. The average molecular weight is 238 g/mol. The van der Waals surface area contributed by atoms with Crippen LogP contribution in [0.4, 0.5) is 0 Å². The smallest absolute Gasteiger partial charge is 0.307 e. The number of ether oxygens (including phenoxy) is 1. The van der Waals surface area contributed by atoms with Gasteiger partial charge in [0.2, 0.25) is 10.0 Å². The van der Waals surface area contributed by atoms with Gasteiger partial charge >= 0.3 is 5.97 Å². The highest BCUT2D eigenvalue weighted by molar-refractivity contribution is 7.88. The number of rotatable bonds is 7. The van der Waals surface area contributed by atoms with Crippen LogP contribution in [0.2, 0.25) is 0 Å². The molecular formula is C8H18N2O4S. The Hall–Kier alpha value is -0.660. The topological polar surface area (TPSA) is 84.5 Å². The number of sulfonamides is 1. The molecule has 0 aliphatic carbocycles. The van der Waals surface area contributed by atoms with Gasteiger partial charge in [0, 0.05) is 19.1 Å². The van der Waals surface area contributed by atoms with E-state index in [9.17, 15) is 13.2 Å². The van der Waals surface area contributed by atoms with Gasteiger partial charge in [0.15, 0.2) is 0 Å². The maximum atomic E-state index is 10.8. The second kappa shape index (κ2) is 6.76. The van der Waals surface area contributed by atoms with Crippen LogP contribution in [0.5, 0.6) is 0 Å². The summed E-state index contributed by atoms with van der Waals surface area (Å²) in [6.45, 7) is 2.62. The third-order valence-electron chi connectivity index (χ3n) is 1.68. The molecule has 0 aromatic carbocycles. The molecule has 0 heterocycles. The van der Waals surface area contributed by atoms with Crippen LogP contribution < -0.4 is 10.0 Å². The Morgan fingerprint density at radius 2 is 2.00 bits per heavy atom. The van der Waals surface area contributed by atoms with Crippen molar-refractivity contribution >= 4 is 16.0 Å². The van der Waals surface area contributed by atoms with Gasteiger partial charge in [-0.25, -0.2) is 13.1 Å². The van der Waals surface area contributed by atoms with Gasteiger partial charge in [-0.2, -0.15) is 0 Å². The molecule has 0 amide bonds. The molecule has 0 aromatic rings. The molecule has 0 saturated carbocycles. The van der Waals surface area contributed by atoms with E-state index < -0.39 is 10.0 Å². The minimum atomic E-state index is -3.13. The Morgan fingerprint density at radius 3 is 2.47 bits per heavy atom. The van der Waals surface area contributed by atoms with E-state index in [0.717, 1.165) is 6.26 Å². The fourth-order valence-electron chi connectivity index (χ4n) is 0.960. The first-order valence-corrected chi connectivity index (χ1v) is 6.49. The summed E-state index contributed by atoms with van der Waals surface area (Å²) in [6.07, 6.45) is 1.38. The highest BCUT2D eigenvalue weighted by atomic mass is 32.2. The maximum absolute atomic E-state index is 10.8. The predicted molar refractivity (Wildman–Crippen MR) is 56.9 cm³/mol. The predicted octanol–water partition coefficient (Wildman–Crippen LogP) is -0.923. The molecule has 15 heavy (non-hydrogen) atoms. The van der Waals surface area contributed by atoms with Crippen LogP contribution in [0, 0.1) is 0 Å². The Morgan fingerprint density at radius 1 is 1.40 bits per heavy atom. The molecule has 0 aliphatic heterocycles. The zero-order chi connectivity index (χ0) is 11.9. The quantitative estimate of drug-likeness (QED) is 0.442. The van der Waals surface area contributed by atoms with Gasteiger partial charge in [-0.3, -0.25) is 4.79 Å². The van der Waals surface area contributed by atoms with Crippen molar-refractivity contribution in [3.05, 3.63) is 0 Å². The van der Waals surface area contributed by atoms with Crippen LogP contribution in [-0.2, 0) is 19.6 Å². The number of methoxy groups -OCH3 is 1. The molecule has 0 aliphatic rings. The van der Waals surface area contributed by atoms with Gasteiger partial charge < -0.3 is 10.1 Å². The van der Waals surface area contributed by atoms with Crippen LogP contribution in [0.1, 0.15) is 13.3 Å². The number of carbonyl (C=O) groups is 1. The molecule has 90 valence electrons. The zero-order valence-corrected chi connectivity index (χ0v) is 10.1. The summed E-state index contributed by atoms with van der Waals surface area (Å²) in [5, 5.41) is 2.99. The SMILES string of the molecule is COC(=O)CC(C)NCCNS(C)(=O)=O. The minimum Gasteiger partial charge on any atom is -0.469 e. The van der Waals surface area contributed by atoms with Crippen molar-refractivity contribution in [2.24, 2.45) is 0 Å². The van der Waals surface area contributed by atoms with Gasteiger partial charge in [0.25, 0.3) is 0 Å². The highest BCUT2D eigenvalue weighted by Gasteiger charge is 2.08. The van der Waals surface area contributed by atoms with E-state index in [1.54, 1.807) is 0 Å². The lowest BCUT2D eigenvalue weighted by Crippen LogP contribution is -2.36. The van der Waals surface area contributed by atoms with Gasteiger partial charge in [0.05, 0.1) is 19.8 Å². The Kier molecular flexibility index (Phi) is 6.46. The molecule has 0 bridgehead atoms. The third-order valence-corrected chi connectivity index (χ3v) is 2.41. The second-order valence-electron chi connectivity index (χ2n) is 3.30. The van der Waals surface area contributed by atoms with E-state index in [1.807, 2.05) is 6.92 Å². The van der Waals surface area contributed by atoms with Crippen molar-refractivity contribution in [2.75, 3.05) is 26.5 Å². The summed E-state index contributed by atoms with van der Waals surface area (Å²) in [5.74, 6) is -0.286. The molecule has 7 heteroatoms. The molecule has 0 fully saturated rings. The van der Waals surface area contributed by atoms with Crippen LogP contribution in [-0.4, -0.2) is 46.9 Å². The molecule has 6 nitrogen and oxygen atoms in total. The highest BCUT2D eigenvalue weighted by Crippen LogP contribution is 1.91. The normalized spacial score (nSPS) is 13.5. The van der Waals surface area contributed by atoms with Crippen LogP contribution in [0.15, 0.2) is 0 Å². The average Bonchev–Trinajstić information content (AvgIpc) is 2.11. The Balaban J connectivity index is 3.56. The largest absolute Gasteiger partial charge is 0.469 e. The summed E-state index contributed by atoms with van der Waals surface area (Å²) in [7, 11) is -1.80. The van der Waals surface area contributed by atoms with Gasteiger partial charge in [-0.05, 0) is 6.92 Å². The van der Waals surface area contributed by atoms with Crippen molar-refractivity contribution in [1.29, 1.82) is 0 Å². The molecule has 0 radical (unpaired) electrons. The minimum absolute atomic E-state index is 0.0289. The first-order chi connectivity index (χ1) is 6.85. The van der Waals surface area contributed by atoms with E-state index in [0.29, 0.717) is 13.1 Å². The fraction of sp³-hybridized carbons (Fsp3) is 0.875. The summed E-state index contributed by atoms with van der Waals surface area (Å²) in [4.78, 5) is 10.8. The summed E-state index contributed by atoms with van der Waals surface area (Å²) >= 11 is 0. The summed E-state index contributed by atoms with van der Waals surface area (Å²) in [5.41, 5.74) is 0.